The minimum atomic E-state index is -0.897. The number of fused-ring (bicyclic) bond motifs is 4. The summed E-state index contributed by atoms with van der Waals surface area (Å²) in [4.78, 5) is 56.8. The lowest BCUT2D eigenvalue weighted by Crippen LogP contribution is -2.52. The second-order valence-corrected chi connectivity index (χ2v) is 15.7. The lowest BCUT2D eigenvalue weighted by molar-refractivity contribution is -0.134. The van der Waals surface area contributed by atoms with Crippen LogP contribution >= 0.6 is 0 Å². The number of nitrogens with zero attached hydrogens (tertiary/aromatic N) is 6. The number of phenols is 1. The van der Waals surface area contributed by atoms with E-state index in [9.17, 15) is 19.5 Å². The quantitative estimate of drug-likeness (QED) is 0.150. The molecule has 4 saturated heterocycles. The summed E-state index contributed by atoms with van der Waals surface area (Å²) < 4.78 is 38.3. The number of rotatable bonds is 10. The molecule has 4 aliphatic heterocycles. The molecule has 4 aliphatic rings. The van der Waals surface area contributed by atoms with E-state index in [-0.39, 0.29) is 48.0 Å². The molecule has 0 saturated carbocycles. The number of imide groups is 1. The van der Waals surface area contributed by atoms with Crippen molar-refractivity contribution in [2.45, 2.75) is 57.2 Å². The molecule has 2 aromatic heterocycles. The van der Waals surface area contributed by atoms with Crippen LogP contribution in [-0.2, 0) is 16.0 Å². The average Bonchev–Trinajstić information content (AvgIpc) is 3.57. The predicted octanol–water partition coefficient (Wildman–Crippen LogP) is 4.07. The number of benzene rings is 3. The zero-order valence-corrected chi connectivity index (χ0v) is 32.6. The van der Waals surface area contributed by atoms with Crippen molar-refractivity contribution < 1.29 is 33.0 Å². The highest BCUT2D eigenvalue weighted by Gasteiger charge is 2.35. The highest BCUT2D eigenvalue weighted by molar-refractivity contribution is 6.04. The fourth-order valence-electron chi connectivity index (χ4n) is 8.90. The molecule has 0 aliphatic carbocycles. The molecule has 4 fully saturated rings. The van der Waals surface area contributed by atoms with Crippen LogP contribution in [0.1, 0.15) is 48.5 Å². The summed E-state index contributed by atoms with van der Waals surface area (Å²) in [7, 11) is 0. The number of hydrogen-bond donors (Lipinski definition) is 4. The van der Waals surface area contributed by atoms with Gasteiger partial charge in [0.2, 0.25) is 11.8 Å². The van der Waals surface area contributed by atoms with E-state index in [1.165, 1.54) is 12.1 Å². The van der Waals surface area contributed by atoms with Crippen LogP contribution in [-0.4, -0.2) is 113 Å². The van der Waals surface area contributed by atoms with E-state index in [1.807, 2.05) is 30.0 Å². The van der Waals surface area contributed by atoms with Crippen molar-refractivity contribution in [1.29, 1.82) is 0 Å². The van der Waals surface area contributed by atoms with Gasteiger partial charge >= 0.3 is 6.01 Å². The fourth-order valence-corrected chi connectivity index (χ4v) is 8.90. The third-order valence-electron chi connectivity index (χ3n) is 12.0. The number of aryl methyl sites for hydroxylation is 1. The molecule has 3 amide bonds. The maximum Gasteiger partial charge on any atom is 0.319 e. The molecular formula is C43H45F2N9O5. The summed E-state index contributed by atoms with van der Waals surface area (Å²) in [5.74, 6) is -2.43. The van der Waals surface area contributed by atoms with Gasteiger partial charge < -0.3 is 30.3 Å². The molecule has 59 heavy (non-hydrogen) atoms. The van der Waals surface area contributed by atoms with Gasteiger partial charge in [-0.15, -0.1) is 0 Å². The molecule has 14 nitrogen and oxygen atoms in total. The lowest BCUT2D eigenvalue weighted by atomic mass is 9.95. The summed E-state index contributed by atoms with van der Waals surface area (Å²) in [5, 5.41) is 21.1. The third-order valence-corrected chi connectivity index (χ3v) is 12.0. The van der Waals surface area contributed by atoms with Crippen molar-refractivity contribution in [3.05, 3.63) is 77.5 Å². The smallest absolute Gasteiger partial charge is 0.319 e. The second-order valence-electron chi connectivity index (χ2n) is 15.7. The topological polar surface area (TPSA) is 165 Å². The Labute approximate surface area is 338 Å². The molecule has 0 radical (unpaired) electrons. The predicted molar refractivity (Wildman–Crippen MR) is 218 cm³/mol. The van der Waals surface area contributed by atoms with Crippen LogP contribution in [0.5, 0.6) is 11.8 Å². The number of ether oxygens (including phenoxy) is 1. The van der Waals surface area contributed by atoms with Gasteiger partial charge in [0.15, 0.2) is 5.82 Å². The molecule has 3 unspecified atom stereocenters. The molecule has 306 valence electrons. The van der Waals surface area contributed by atoms with Gasteiger partial charge in [0.05, 0.1) is 10.9 Å². The number of piperazine rings is 2. The number of anilines is 2. The summed E-state index contributed by atoms with van der Waals surface area (Å²) in [6.45, 7) is 6.81. The van der Waals surface area contributed by atoms with Crippen molar-refractivity contribution in [2.75, 3.05) is 62.2 Å². The molecule has 5 aromatic rings. The van der Waals surface area contributed by atoms with Crippen molar-refractivity contribution in [3.8, 4) is 23.0 Å². The highest BCUT2D eigenvalue weighted by atomic mass is 19.1. The third kappa shape index (κ3) is 7.69. The van der Waals surface area contributed by atoms with Crippen LogP contribution in [0, 0.1) is 11.6 Å². The van der Waals surface area contributed by atoms with E-state index in [0.29, 0.717) is 67.3 Å². The number of hydrogen-bond acceptors (Lipinski definition) is 12. The maximum absolute atomic E-state index is 16.9. The standard InChI is InChI=1S/C43H45F2N9O5/c1-2-24-4-3-5-25-18-29(55)20-31(36(24)25)38-37(45)39-32(21-46-38)40(54-22-26-6-7-27(23-54)47-26)51-43(50-39)59-17-16-52-12-14-53(15-13-52)28-8-9-30(33(44)19-28)41(57)48-34-10-11-35(56)49-42(34)58/h3-5,8-9,18-21,26-27,34,47,55H,2,6-7,10-17,22-23H2,1H3,(H,48,57)(H,49,56,58). The van der Waals surface area contributed by atoms with Crippen LogP contribution in [0.4, 0.5) is 20.3 Å². The van der Waals surface area contributed by atoms with Crippen molar-refractivity contribution >= 4 is 50.9 Å². The van der Waals surface area contributed by atoms with Crippen LogP contribution in [0.2, 0.25) is 0 Å². The van der Waals surface area contributed by atoms with Crippen molar-refractivity contribution in [2.24, 2.45) is 0 Å². The lowest BCUT2D eigenvalue weighted by Gasteiger charge is -2.36. The first-order valence-corrected chi connectivity index (χ1v) is 20.3. The number of amides is 3. The highest BCUT2D eigenvalue weighted by Crippen LogP contribution is 2.39. The first-order valence-electron chi connectivity index (χ1n) is 20.3. The van der Waals surface area contributed by atoms with Crippen LogP contribution < -0.4 is 30.5 Å². The van der Waals surface area contributed by atoms with E-state index in [2.05, 4.69) is 35.7 Å². The first-order chi connectivity index (χ1) is 28.6. The fraction of sp³-hybridized carbons (Fsp3) is 0.395. The Morgan fingerprint density at radius 1 is 0.983 bits per heavy atom. The van der Waals surface area contributed by atoms with E-state index < -0.39 is 35.4 Å². The molecule has 9 rings (SSSR count). The van der Waals surface area contributed by atoms with E-state index >= 15 is 8.78 Å². The van der Waals surface area contributed by atoms with Crippen molar-refractivity contribution in [3.63, 3.8) is 0 Å². The molecule has 2 bridgehead atoms. The minimum absolute atomic E-state index is 0.0183. The van der Waals surface area contributed by atoms with Gasteiger partial charge in [0, 0.05) is 81.8 Å². The summed E-state index contributed by atoms with van der Waals surface area (Å²) in [6, 6.07) is 13.3. The Kier molecular flexibility index (Phi) is 10.4. The number of piperidine rings is 1. The minimum Gasteiger partial charge on any atom is -0.508 e. The molecule has 4 N–H and O–H groups in total. The van der Waals surface area contributed by atoms with E-state index in [4.69, 9.17) is 9.72 Å². The molecular weight excluding hydrogens is 761 g/mol. The average molecular weight is 806 g/mol. The first kappa shape index (κ1) is 38.5. The number of aromatic nitrogens is 3. The molecule has 3 aromatic carbocycles. The Balaban J connectivity index is 0.899. The number of phenolic OH excluding ortho intramolecular Hbond substituents is 1. The Hall–Kier alpha value is -6.00. The van der Waals surface area contributed by atoms with Crippen LogP contribution in [0.15, 0.2) is 54.7 Å². The molecule has 3 atom stereocenters. The SMILES string of the molecule is CCc1cccc2cc(O)cc(-c3ncc4c(N5CC6CCC(C5)N6)nc(OCCN5CCN(c6ccc(C(=O)NC7CCC(=O)NC7=O)c(F)c6)CC5)nc4c3F)c12. The normalized spacial score (nSPS) is 21.0. The van der Waals surface area contributed by atoms with Crippen LogP contribution in [0.3, 0.4) is 0 Å². The van der Waals surface area contributed by atoms with Gasteiger partial charge in [-0.05, 0) is 72.4 Å². The number of halogens is 2. The number of aromatic hydroxyl groups is 1. The van der Waals surface area contributed by atoms with Gasteiger partial charge in [-0.2, -0.15) is 9.97 Å². The van der Waals surface area contributed by atoms with E-state index in [0.717, 1.165) is 48.7 Å². The van der Waals surface area contributed by atoms with Gasteiger partial charge in [-0.25, -0.2) is 8.78 Å². The Morgan fingerprint density at radius 2 is 1.78 bits per heavy atom. The zero-order chi connectivity index (χ0) is 40.8. The van der Waals surface area contributed by atoms with Crippen LogP contribution in [0.25, 0.3) is 32.9 Å². The van der Waals surface area contributed by atoms with Gasteiger partial charge in [-0.3, -0.25) is 29.6 Å². The second kappa shape index (κ2) is 16.0. The molecule has 6 heterocycles. The summed E-state index contributed by atoms with van der Waals surface area (Å²) in [6.07, 6.45) is 4.74. The number of carbonyl (C=O) groups excluding carboxylic acids is 3. The van der Waals surface area contributed by atoms with E-state index in [1.54, 1.807) is 24.4 Å². The molecule has 0 spiro atoms. The number of nitrogens with one attached hydrogen (secondary N) is 3. The number of carbonyl (C=O) groups is 3. The molecule has 16 heteroatoms. The summed E-state index contributed by atoms with van der Waals surface area (Å²) in [5.41, 5.74) is 2.16. The number of pyridine rings is 1. The summed E-state index contributed by atoms with van der Waals surface area (Å²) >= 11 is 0. The van der Waals surface area contributed by atoms with Gasteiger partial charge in [-0.1, -0.05) is 25.1 Å². The van der Waals surface area contributed by atoms with Crippen molar-refractivity contribution in [1.82, 2.24) is 35.8 Å². The monoisotopic (exact) mass is 805 g/mol. The van der Waals surface area contributed by atoms with Gasteiger partial charge in [0.1, 0.15) is 41.2 Å². The maximum atomic E-state index is 16.9. The largest absolute Gasteiger partial charge is 0.508 e. The Bertz CT molecular complexity index is 2470. The van der Waals surface area contributed by atoms with Gasteiger partial charge in [0.25, 0.3) is 5.91 Å². The zero-order valence-electron chi connectivity index (χ0n) is 32.6. The Morgan fingerprint density at radius 3 is 2.53 bits per heavy atom.